The number of nitrogens with zero attached hydrogens (tertiary/aromatic N) is 8. The molecule has 4 aromatic carbocycles. The first kappa shape index (κ1) is 60.7. The summed E-state index contributed by atoms with van der Waals surface area (Å²) in [5.74, 6) is 0.392. The number of hydrogen-bond donors (Lipinski definition) is 0. The van der Waals surface area contributed by atoms with Gasteiger partial charge in [0.25, 0.3) is 11.8 Å². The van der Waals surface area contributed by atoms with Gasteiger partial charge in [-0.3, -0.25) is 19.0 Å². The topological polar surface area (TPSA) is 207 Å². The van der Waals surface area contributed by atoms with Crippen LogP contribution in [0.2, 0.25) is 0 Å². The van der Waals surface area contributed by atoms with Crippen molar-refractivity contribution >= 4 is 43.8 Å². The van der Waals surface area contributed by atoms with Crippen LogP contribution >= 0.6 is 0 Å². The number of carbonyl (C=O) groups is 2. The number of carbonyl (C=O) groups excluding carboxylic acids is 2. The van der Waals surface area contributed by atoms with Crippen LogP contribution in [0, 0.1) is 50.4 Å². The van der Waals surface area contributed by atoms with E-state index in [0.29, 0.717) is 45.2 Å². The fourth-order valence-corrected chi connectivity index (χ4v) is 14.5. The minimum absolute atomic E-state index is 0. The first-order valence-corrected chi connectivity index (χ1v) is 30.9. The van der Waals surface area contributed by atoms with Crippen molar-refractivity contribution < 1.29 is 65.5 Å². The summed E-state index contributed by atoms with van der Waals surface area (Å²) in [6.45, 7) is 17.0. The number of sulfonamides is 2. The van der Waals surface area contributed by atoms with E-state index in [0.717, 1.165) is 71.9 Å². The van der Waals surface area contributed by atoms with Crippen molar-refractivity contribution in [1.82, 2.24) is 29.7 Å². The van der Waals surface area contributed by atoms with Gasteiger partial charge in [0.1, 0.15) is 25.0 Å². The molecule has 82 heavy (non-hydrogen) atoms. The molecule has 8 bridgehead atoms. The fourth-order valence-electron chi connectivity index (χ4n) is 12.6. The van der Waals surface area contributed by atoms with E-state index in [2.05, 4.69) is 57.1 Å². The number of aromatic nitrogens is 4. The second-order valence-electron chi connectivity index (χ2n) is 24.2. The van der Waals surface area contributed by atoms with Gasteiger partial charge in [0, 0.05) is 46.5 Å². The van der Waals surface area contributed by atoms with Crippen LogP contribution in [0.15, 0.2) is 107 Å². The fraction of sp³-hybridized carbons (Fsp3) is 0.460. The van der Waals surface area contributed by atoms with Gasteiger partial charge in [0.15, 0.2) is 0 Å². The molecule has 16 nitrogen and oxygen atoms in total. The summed E-state index contributed by atoms with van der Waals surface area (Å²) in [7, 11) is -8.40. The van der Waals surface area contributed by atoms with E-state index in [-0.39, 0.29) is 120 Å². The maximum Gasteiger partial charge on any atom is 1.00 e. The Kier molecular flexibility index (Phi) is 17.5. The minimum Gasteiger partial charge on any atom is -0.488 e. The molecule has 0 radical (unpaired) electrons. The van der Waals surface area contributed by atoms with Crippen molar-refractivity contribution in [2.45, 2.75) is 161 Å². The third kappa shape index (κ3) is 12.8. The molecule has 4 saturated carbocycles. The van der Waals surface area contributed by atoms with Crippen LogP contribution in [0.5, 0.6) is 11.8 Å². The van der Waals surface area contributed by atoms with Crippen molar-refractivity contribution in [1.29, 1.82) is 0 Å². The van der Waals surface area contributed by atoms with Crippen LogP contribution < -0.4 is 39.0 Å². The molecule has 4 fully saturated rings. The Labute approximate surface area is 506 Å². The SMILES string of the molecule is C.Cc1cccc(C)c1-c1cc2nc(n1)[N-]S(=O)(=O)c1cccc(c1)C(=O)N(C1CC3(CC3)C1)[C@H](CC(C)C)CO2.Cc1cccc(C)c1-c1cc2nc(n1)[N-]S(=O)(=O)c1cccc(c1)C(=O)N(C1CC3(CC3)C1)[C@H](CC(C)C)CO2.[Na+]. The zero-order valence-corrected chi connectivity index (χ0v) is 51.5. The molecule has 2 atom stereocenters. The van der Waals surface area contributed by atoms with Crippen molar-refractivity contribution in [2.24, 2.45) is 22.7 Å². The van der Waals surface area contributed by atoms with E-state index >= 15 is 0 Å². The second kappa shape index (κ2) is 23.6. The summed E-state index contributed by atoms with van der Waals surface area (Å²) < 4.78 is 74.3. The number of benzene rings is 4. The molecule has 6 aliphatic rings. The first-order chi connectivity index (χ1) is 38.1. The Morgan fingerprint density at radius 1 is 0.537 bits per heavy atom. The van der Waals surface area contributed by atoms with Gasteiger partial charge in [-0.05, 0) is 196 Å². The molecule has 428 valence electrons. The Morgan fingerprint density at radius 3 is 1.21 bits per heavy atom. The quantitative estimate of drug-likeness (QED) is 0.131. The van der Waals surface area contributed by atoms with Gasteiger partial charge in [0.2, 0.25) is 20.0 Å². The molecule has 2 aromatic heterocycles. The summed E-state index contributed by atoms with van der Waals surface area (Å²) in [5, 5.41) is 0. The van der Waals surface area contributed by atoms with Crippen LogP contribution in [-0.4, -0.2) is 95.8 Å². The van der Waals surface area contributed by atoms with Gasteiger partial charge in [-0.1, -0.05) is 83.7 Å². The van der Waals surface area contributed by atoms with Crippen molar-refractivity contribution in [3.8, 4) is 34.3 Å². The Hall–Kier alpha value is -5.92. The molecule has 19 heteroatoms. The average Bonchev–Trinajstić information content (AvgIpc) is 4.19. The molecule has 4 heterocycles. The molecule has 2 amide bonds. The summed E-state index contributed by atoms with van der Waals surface area (Å²) >= 11 is 0. The van der Waals surface area contributed by atoms with Crippen molar-refractivity contribution in [3.05, 3.63) is 140 Å². The van der Waals surface area contributed by atoms with E-state index in [1.54, 1.807) is 36.4 Å². The van der Waals surface area contributed by atoms with E-state index in [1.807, 2.05) is 73.9 Å². The Balaban J connectivity index is 0.000000193. The molecule has 4 aliphatic carbocycles. The van der Waals surface area contributed by atoms with E-state index in [4.69, 9.17) is 9.47 Å². The summed E-state index contributed by atoms with van der Waals surface area (Å²) in [4.78, 5) is 49.9. The Morgan fingerprint density at radius 2 is 0.878 bits per heavy atom. The Bertz CT molecular complexity index is 3350. The molecule has 0 saturated heterocycles. The number of aryl methyl sites for hydroxylation is 4. The minimum atomic E-state index is -4.20. The number of amides is 2. The van der Waals surface area contributed by atoms with Gasteiger partial charge < -0.3 is 39.2 Å². The molecular weight excluding hydrogens is 1080 g/mol. The van der Waals surface area contributed by atoms with Crippen LogP contribution in [-0.2, 0) is 20.0 Å². The monoisotopic (exact) mass is 1160 g/mol. The van der Waals surface area contributed by atoms with Gasteiger partial charge in [-0.25, -0.2) is 16.8 Å². The van der Waals surface area contributed by atoms with E-state index < -0.39 is 20.0 Å². The molecule has 2 spiro atoms. The van der Waals surface area contributed by atoms with Crippen LogP contribution in [0.4, 0.5) is 11.9 Å². The zero-order valence-electron chi connectivity index (χ0n) is 47.8. The van der Waals surface area contributed by atoms with Gasteiger partial charge in [-0.15, -0.1) is 0 Å². The molecule has 12 rings (SSSR count). The zero-order chi connectivity index (χ0) is 56.5. The number of hydrogen-bond acceptors (Lipinski definition) is 12. The summed E-state index contributed by atoms with van der Waals surface area (Å²) in [6.07, 6.45) is 10.3. The second-order valence-corrected chi connectivity index (χ2v) is 27.5. The molecule has 0 unspecified atom stereocenters. The van der Waals surface area contributed by atoms with Gasteiger partial charge in [0.05, 0.1) is 21.9 Å². The third-order valence-corrected chi connectivity index (χ3v) is 19.5. The van der Waals surface area contributed by atoms with Crippen molar-refractivity contribution in [3.63, 3.8) is 0 Å². The average molecular weight is 1160 g/mol. The smallest absolute Gasteiger partial charge is 0.488 e. The standard InChI is InChI=1S/2C31H35N4O4S.CH4.Na/c2*1-19(2)13-23-18-39-27-15-26(28-20(3)7-5-8-21(28)4)32-30(33-27)34-40(37,38)25-10-6-9-22(14-25)29(36)35(23)24-16-31(17-24)11-12-31;;/h2*5-10,14-15,19,23-24H,11-13,16-18H2,1-4H3;1H4;/q2*-1;;+1/t2*23-;;/m11../s1. The molecule has 0 N–H and O–H groups in total. The molecule has 2 aliphatic heterocycles. The summed E-state index contributed by atoms with van der Waals surface area (Å²) in [6, 6.07) is 27.5. The normalized spacial score (nSPS) is 21.6. The molecular formula is C63H74N8NaO8S2-. The number of ether oxygens (including phenoxy) is 2. The third-order valence-electron chi connectivity index (χ3n) is 17.0. The van der Waals surface area contributed by atoms with Gasteiger partial charge in [-0.2, -0.15) is 0 Å². The molecule has 6 aromatic rings. The maximum atomic E-state index is 14.1. The van der Waals surface area contributed by atoms with Gasteiger partial charge >= 0.3 is 29.6 Å². The maximum absolute atomic E-state index is 14.1. The van der Waals surface area contributed by atoms with Crippen LogP contribution in [0.3, 0.4) is 0 Å². The van der Waals surface area contributed by atoms with Crippen LogP contribution in [0.1, 0.15) is 142 Å². The van der Waals surface area contributed by atoms with Crippen LogP contribution in [0.25, 0.3) is 32.0 Å². The first-order valence-electron chi connectivity index (χ1n) is 28.1. The predicted octanol–water partition coefficient (Wildman–Crippen LogP) is 10.3. The number of fused-ring (bicyclic) bond motifs is 8. The largest absolute Gasteiger partial charge is 1.00 e. The van der Waals surface area contributed by atoms with E-state index in [9.17, 15) is 26.4 Å². The van der Waals surface area contributed by atoms with E-state index in [1.165, 1.54) is 49.9 Å². The summed E-state index contributed by atoms with van der Waals surface area (Å²) in [5.41, 5.74) is 8.30. The number of rotatable bonds is 8. The predicted molar refractivity (Wildman–Crippen MR) is 313 cm³/mol. The van der Waals surface area contributed by atoms with Crippen molar-refractivity contribution in [2.75, 3.05) is 13.2 Å².